The van der Waals surface area contributed by atoms with Crippen LogP contribution in [0.15, 0.2) is 42.5 Å². The van der Waals surface area contributed by atoms with Gasteiger partial charge in [0.25, 0.3) is 0 Å². The van der Waals surface area contributed by atoms with Gasteiger partial charge < -0.3 is 0 Å². The average Bonchev–Trinajstić information content (AvgIpc) is 2.54. The zero-order valence-electron chi connectivity index (χ0n) is 13.8. The second-order valence-electron chi connectivity index (χ2n) is 3.55. The van der Waals surface area contributed by atoms with E-state index in [0.717, 1.165) is 11.4 Å². The fourth-order valence-corrected chi connectivity index (χ4v) is 2.07. The molecule has 0 N–H and O–H groups in total. The standard InChI is InChI=1S/C7H9FP2.C6H4F2.2C2H6/c1-5-2-3-6(10-9)4-7(5)8;7-5-2-1-3-6(8)4-5;2*1-2/h2-4,10H,9H2,1H3;1-4H;2*1-2H3. The van der Waals surface area contributed by atoms with E-state index in [1.807, 2.05) is 39.8 Å². The highest BCUT2D eigenvalue weighted by Gasteiger charge is 1.95. The minimum Gasteiger partial charge on any atom is -0.207 e. The lowest BCUT2D eigenvalue weighted by molar-refractivity contribution is 0.583. The van der Waals surface area contributed by atoms with E-state index in [9.17, 15) is 13.2 Å². The largest absolute Gasteiger partial charge is 0.207 e. The van der Waals surface area contributed by atoms with Crippen LogP contribution in [0.1, 0.15) is 33.3 Å². The van der Waals surface area contributed by atoms with Gasteiger partial charge in [-0.1, -0.05) is 54.2 Å². The van der Waals surface area contributed by atoms with Crippen molar-refractivity contribution in [3.8, 4) is 0 Å². The van der Waals surface area contributed by atoms with Crippen LogP contribution in [0.2, 0.25) is 0 Å². The Morgan fingerprint density at radius 2 is 1.32 bits per heavy atom. The lowest BCUT2D eigenvalue weighted by atomic mass is 10.2. The summed E-state index contributed by atoms with van der Waals surface area (Å²) in [6, 6.07) is 9.89. The number of rotatable bonds is 1. The summed E-state index contributed by atoms with van der Waals surface area (Å²) in [5, 5.41) is 1.05. The Kier molecular flexibility index (Phi) is 15.9. The molecule has 5 heteroatoms. The molecule has 0 aromatic heterocycles. The third kappa shape index (κ3) is 10.8. The Morgan fingerprint density at radius 1 is 0.818 bits per heavy atom. The van der Waals surface area contributed by atoms with Gasteiger partial charge in [-0.2, -0.15) is 0 Å². The van der Waals surface area contributed by atoms with Crippen molar-refractivity contribution in [3.63, 3.8) is 0 Å². The molecule has 2 aromatic carbocycles. The monoisotopic (exact) mass is 348 g/mol. The first-order valence-electron chi connectivity index (χ1n) is 7.17. The average molecular weight is 348 g/mol. The molecule has 0 saturated heterocycles. The van der Waals surface area contributed by atoms with Crippen molar-refractivity contribution in [2.45, 2.75) is 34.6 Å². The number of aryl methyl sites for hydroxylation is 1. The lowest BCUT2D eigenvalue weighted by Crippen LogP contribution is -1.94. The summed E-state index contributed by atoms with van der Waals surface area (Å²) in [6.45, 7) is 9.77. The van der Waals surface area contributed by atoms with Crippen molar-refractivity contribution in [1.29, 1.82) is 0 Å². The van der Waals surface area contributed by atoms with Crippen molar-refractivity contribution >= 4 is 22.5 Å². The molecule has 2 aromatic rings. The summed E-state index contributed by atoms with van der Waals surface area (Å²) in [4.78, 5) is 0. The van der Waals surface area contributed by atoms with Gasteiger partial charge in [0.1, 0.15) is 17.5 Å². The number of hydrogen-bond donors (Lipinski definition) is 0. The summed E-state index contributed by atoms with van der Waals surface area (Å²) in [6.07, 6.45) is 0. The highest BCUT2D eigenvalue weighted by atomic mass is 32.0. The van der Waals surface area contributed by atoms with Crippen LogP contribution < -0.4 is 5.30 Å². The molecule has 2 rings (SSSR count). The Labute approximate surface area is 136 Å². The highest BCUT2D eigenvalue weighted by molar-refractivity contribution is 8.06. The summed E-state index contributed by atoms with van der Waals surface area (Å²) >= 11 is 0. The third-order valence-corrected chi connectivity index (χ3v) is 3.77. The van der Waals surface area contributed by atoms with E-state index in [1.54, 1.807) is 13.0 Å². The van der Waals surface area contributed by atoms with E-state index in [-0.39, 0.29) is 5.82 Å². The topological polar surface area (TPSA) is 0 Å². The smallest absolute Gasteiger partial charge is 0.126 e. The van der Waals surface area contributed by atoms with E-state index in [0.29, 0.717) is 13.8 Å². The fourth-order valence-electron chi connectivity index (χ4n) is 1.14. The first-order chi connectivity index (χ1) is 10.5. The quantitative estimate of drug-likeness (QED) is 0.535. The molecule has 0 aliphatic rings. The number of halogens is 3. The van der Waals surface area contributed by atoms with E-state index in [4.69, 9.17) is 0 Å². The summed E-state index contributed by atoms with van der Waals surface area (Å²) in [5.74, 6) is -1.18. The van der Waals surface area contributed by atoms with Crippen LogP contribution in [0.4, 0.5) is 13.2 Å². The van der Waals surface area contributed by atoms with Gasteiger partial charge in [-0.05, 0) is 36.0 Å². The maximum Gasteiger partial charge on any atom is 0.126 e. The van der Waals surface area contributed by atoms with Crippen molar-refractivity contribution < 1.29 is 13.2 Å². The van der Waals surface area contributed by atoms with E-state index >= 15 is 0 Å². The van der Waals surface area contributed by atoms with Crippen LogP contribution in [-0.4, -0.2) is 0 Å². The Bertz CT molecular complexity index is 500. The van der Waals surface area contributed by atoms with Crippen LogP contribution in [0.5, 0.6) is 0 Å². The summed E-state index contributed by atoms with van der Waals surface area (Å²) < 4.78 is 36.6. The maximum atomic E-state index is 12.8. The van der Waals surface area contributed by atoms with E-state index in [2.05, 4.69) is 8.93 Å². The third-order valence-electron chi connectivity index (χ3n) is 2.13. The molecule has 0 heterocycles. The predicted molar refractivity (Wildman–Crippen MR) is 97.9 cm³/mol. The summed E-state index contributed by atoms with van der Waals surface area (Å²) in [7, 11) is 3.19. The molecule has 0 radical (unpaired) electrons. The normalized spacial score (nSPS) is 8.95. The molecule has 0 aliphatic carbocycles. The second-order valence-corrected chi connectivity index (χ2v) is 5.28. The Hall–Kier alpha value is -0.910. The van der Waals surface area contributed by atoms with Gasteiger partial charge in [0, 0.05) is 6.07 Å². The number of benzene rings is 2. The van der Waals surface area contributed by atoms with Crippen LogP contribution in [0.3, 0.4) is 0 Å². The van der Waals surface area contributed by atoms with Gasteiger partial charge in [0.2, 0.25) is 0 Å². The maximum absolute atomic E-state index is 12.8. The first kappa shape index (κ1) is 23.4. The minimum absolute atomic E-state index is 0.104. The van der Waals surface area contributed by atoms with Crippen molar-refractivity contribution in [2.24, 2.45) is 0 Å². The van der Waals surface area contributed by atoms with Crippen LogP contribution in [0, 0.1) is 24.4 Å². The molecule has 0 nitrogen and oxygen atoms in total. The van der Waals surface area contributed by atoms with Gasteiger partial charge in [0.05, 0.1) is 0 Å². The molecular formula is C17H25F3P2. The molecule has 0 saturated carbocycles. The molecule has 2 atom stereocenters. The SMILES string of the molecule is CC.CC.Cc1ccc(PP)cc1F.Fc1cccc(F)c1. The van der Waals surface area contributed by atoms with E-state index in [1.165, 1.54) is 18.2 Å². The van der Waals surface area contributed by atoms with Crippen LogP contribution in [0.25, 0.3) is 0 Å². The van der Waals surface area contributed by atoms with Crippen molar-refractivity contribution in [1.82, 2.24) is 0 Å². The number of hydrogen-bond acceptors (Lipinski definition) is 0. The van der Waals surface area contributed by atoms with E-state index < -0.39 is 11.6 Å². The molecule has 22 heavy (non-hydrogen) atoms. The predicted octanol–water partition coefficient (Wildman–Crippen LogP) is 6.25. The van der Waals surface area contributed by atoms with Crippen LogP contribution in [-0.2, 0) is 0 Å². The minimum atomic E-state index is -0.537. The first-order valence-corrected chi connectivity index (χ1v) is 9.97. The molecular weight excluding hydrogens is 323 g/mol. The van der Waals surface area contributed by atoms with Gasteiger partial charge in [-0.25, -0.2) is 13.2 Å². The Balaban J connectivity index is 0. The molecule has 2 unspecified atom stereocenters. The van der Waals surface area contributed by atoms with Gasteiger partial charge in [-0.15, -0.1) is 8.93 Å². The second kappa shape index (κ2) is 15.0. The van der Waals surface area contributed by atoms with Gasteiger partial charge in [-0.3, -0.25) is 0 Å². The zero-order valence-corrected chi connectivity index (χ0v) is 15.9. The molecule has 0 bridgehead atoms. The lowest BCUT2D eigenvalue weighted by Gasteiger charge is -1.98. The van der Waals surface area contributed by atoms with Crippen molar-refractivity contribution in [3.05, 3.63) is 65.5 Å². The summed E-state index contributed by atoms with van der Waals surface area (Å²) in [5.41, 5.74) is 0.715. The highest BCUT2D eigenvalue weighted by Crippen LogP contribution is 2.19. The van der Waals surface area contributed by atoms with Crippen molar-refractivity contribution in [2.75, 3.05) is 0 Å². The van der Waals surface area contributed by atoms with Gasteiger partial charge >= 0.3 is 0 Å². The fraction of sp³-hybridized carbons (Fsp3) is 0.294. The molecule has 0 spiro atoms. The van der Waals surface area contributed by atoms with Crippen LogP contribution >= 0.6 is 17.2 Å². The molecule has 0 aliphatic heterocycles. The molecule has 0 fully saturated rings. The zero-order chi connectivity index (χ0) is 17.5. The Morgan fingerprint density at radius 3 is 1.64 bits per heavy atom. The molecule has 124 valence electrons. The van der Waals surface area contributed by atoms with Gasteiger partial charge in [0.15, 0.2) is 0 Å². The molecule has 0 amide bonds.